The van der Waals surface area contributed by atoms with E-state index in [2.05, 4.69) is 40.8 Å². The lowest BCUT2D eigenvalue weighted by atomic mass is 10.0. The van der Waals surface area contributed by atoms with E-state index in [0.29, 0.717) is 11.5 Å². The molecule has 2 atom stereocenters. The van der Waals surface area contributed by atoms with Crippen LogP contribution in [0.4, 0.5) is 0 Å². The molecule has 22 heavy (non-hydrogen) atoms. The van der Waals surface area contributed by atoms with E-state index < -0.39 is 18.0 Å². The van der Waals surface area contributed by atoms with Crippen LogP contribution in [0.5, 0.6) is 0 Å². The summed E-state index contributed by atoms with van der Waals surface area (Å²) < 4.78 is 10.6. The molecule has 5 nitrogen and oxygen atoms in total. The van der Waals surface area contributed by atoms with Crippen LogP contribution in [0.3, 0.4) is 0 Å². The second kappa shape index (κ2) is 9.58. The van der Waals surface area contributed by atoms with Gasteiger partial charge in [0.15, 0.2) is 0 Å². The van der Waals surface area contributed by atoms with Gasteiger partial charge in [-0.1, -0.05) is 48.2 Å². The SMILES string of the molecule is C=CC(=O)OCC(O)COC(=O)c1ccc(C(C)CI)cc1. The van der Waals surface area contributed by atoms with Crippen LogP contribution in [-0.4, -0.2) is 40.8 Å². The van der Waals surface area contributed by atoms with Crippen LogP contribution in [0.25, 0.3) is 0 Å². The number of carbonyl (C=O) groups excluding carboxylic acids is 2. The molecule has 0 amide bonds. The van der Waals surface area contributed by atoms with Gasteiger partial charge in [0.2, 0.25) is 0 Å². The van der Waals surface area contributed by atoms with Crippen LogP contribution < -0.4 is 0 Å². The molecule has 1 N–H and O–H groups in total. The molecule has 2 unspecified atom stereocenters. The smallest absolute Gasteiger partial charge is 0.338 e. The maximum atomic E-state index is 11.8. The van der Waals surface area contributed by atoms with E-state index >= 15 is 0 Å². The molecule has 1 rings (SSSR count). The van der Waals surface area contributed by atoms with Gasteiger partial charge in [-0.05, 0) is 23.6 Å². The summed E-state index contributed by atoms with van der Waals surface area (Å²) in [6.45, 7) is 4.86. The first-order valence-electron chi connectivity index (χ1n) is 6.78. The molecule has 0 saturated carbocycles. The number of esters is 2. The third-order valence-corrected chi connectivity index (χ3v) is 4.26. The number of carbonyl (C=O) groups is 2. The average Bonchev–Trinajstić information content (AvgIpc) is 2.56. The highest BCUT2D eigenvalue weighted by molar-refractivity contribution is 14.1. The number of halogens is 1. The second-order valence-electron chi connectivity index (χ2n) is 4.76. The highest BCUT2D eigenvalue weighted by atomic mass is 127. The van der Waals surface area contributed by atoms with E-state index in [0.717, 1.165) is 16.1 Å². The maximum Gasteiger partial charge on any atom is 0.338 e. The Bertz CT molecular complexity index is 512. The number of hydrogen-bond donors (Lipinski definition) is 1. The molecular formula is C16H19IO5. The second-order valence-corrected chi connectivity index (χ2v) is 5.64. The first-order valence-corrected chi connectivity index (χ1v) is 8.30. The minimum absolute atomic E-state index is 0.241. The summed E-state index contributed by atoms with van der Waals surface area (Å²) in [5.41, 5.74) is 1.57. The van der Waals surface area contributed by atoms with Crippen LogP contribution in [0, 0.1) is 0 Å². The number of hydrogen-bond acceptors (Lipinski definition) is 5. The average molecular weight is 418 g/mol. The molecule has 1 aromatic rings. The minimum atomic E-state index is -1.06. The third kappa shape index (κ3) is 6.15. The summed E-state index contributed by atoms with van der Waals surface area (Å²) in [6.07, 6.45) is -0.0667. The monoisotopic (exact) mass is 418 g/mol. The topological polar surface area (TPSA) is 72.8 Å². The van der Waals surface area contributed by atoms with Crippen LogP contribution in [0.1, 0.15) is 28.8 Å². The molecule has 0 radical (unpaired) electrons. The summed E-state index contributed by atoms with van der Waals surface area (Å²) in [5.74, 6) is -0.736. The Morgan fingerprint density at radius 1 is 1.27 bits per heavy atom. The summed E-state index contributed by atoms with van der Waals surface area (Å²) >= 11 is 2.31. The standard InChI is InChI=1S/C16H19IO5/c1-3-15(19)21-9-14(18)10-22-16(20)13-6-4-12(5-7-13)11(2)8-17/h3-7,11,14,18H,1,8-10H2,2H3. The number of benzene rings is 1. The van der Waals surface area contributed by atoms with Gasteiger partial charge in [-0.3, -0.25) is 0 Å². The van der Waals surface area contributed by atoms with Crippen molar-refractivity contribution >= 4 is 34.5 Å². The van der Waals surface area contributed by atoms with Crippen LogP contribution >= 0.6 is 22.6 Å². The fourth-order valence-corrected chi connectivity index (χ4v) is 2.09. The third-order valence-electron chi connectivity index (χ3n) is 2.94. The molecule has 120 valence electrons. The Morgan fingerprint density at radius 3 is 2.41 bits per heavy atom. The molecule has 1 aromatic carbocycles. The lowest BCUT2D eigenvalue weighted by molar-refractivity contribution is -0.141. The Labute approximate surface area is 143 Å². The van der Waals surface area contributed by atoms with Gasteiger partial charge in [0, 0.05) is 10.5 Å². The Morgan fingerprint density at radius 2 is 1.86 bits per heavy atom. The predicted molar refractivity (Wildman–Crippen MR) is 91.2 cm³/mol. The quantitative estimate of drug-likeness (QED) is 0.304. The van der Waals surface area contributed by atoms with Crippen molar-refractivity contribution in [3.63, 3.8) is 0 Å². The van der Waals surface area contributed by atoms with Gasteiger partial charge in [0.1, 0.15) is 19.3 Å². The van der Waals surface area contributed by atoms with Crippen molar-refractivity contribution < 1.29 is 24.2 Å². The Hall–Kier alpha value is -1.41. The van der Waals surface area contributed by atoms with E-state index in [1.165, 1.54) is 0 Å². The molecule has 0 saturated heterocycles. The van der Waals surface area contributed by atoms with Crippen molar-refractivity contribution in [3.8, 4) is 0 Å². The van der Waals surface area contributed by atoms with Crippen LogP contribution in [-0.2, 0) is 14.3 Å². The molecular weight excluding hydrogens is 399 g/mol. The van der Waals surface area contributed by atoms with E-state index in [9.17, 15) is 14.7 Å². The maximum absolute atomic E-state index is 11.8. The molecule has 0 aliphatic heterocycles. The summed E-state index contributed by atoms with van der Waals surface area (Å²) in [7, 11) is 0. The Balaban J connectivity index is 2.45. The number of aliphatic hydroxyl groups excluding tert-OH is 1. The first-order chi connectivity index (χ1) is 10.5. The van der Waals surface area contributed by atoms with Gasteiger partial charge in [0.05, 0.1) is 5.56 Å². The zero-order chi connectivity index (χ0) is 16.5. The number of rotatable bonds is 8. The molecule has 0 aromatic heterocycles. The zero-order valence-corrected chi connectivity index (χ0v) is 14.5. The summed E-state index contributed by atoms with van der Waals surface area (Å²) in [4.78, 5) is 22.7. The van der Waals surface area contributed by atoms with Gasteiger partial charge >= 0.3 is 11.9 Å². The molecule has 0 bridgehead atoms. The molecule has 6 heteroatoms. The highest BCUT2D eigenvalue weighted by Crippen LogP contribution is 2.18. The minimum Gasteiger partial charge on any atom is -0.460 e. The summed E-state index contributed by atoms with van der Waals surface area (Å²) in [5, 5.41) is 9.55. The normalized spacial score (nSPS) is 13.0. The first kappa shape index (κ1) is 18.6. The largest absolute Gasteiger partial charge is 0.460 e. The molecule has 0 spiro atoms. The molecule has 0 fully saturated rings. The van der Waals surface area contributed by atoms with Gasteiger partial charge in [-0.15, -0.1) is 0 Å². The van der Waals surface area contributed by atoms with Crippen molar-refractivity contribution in [1.82, 2.24) is 0 Å². The van der Waals surface area contributed by atoms with E-state index in [-0.39, 0.29) is 13.2 Å². The van der Waals surface area contributed by atoms with Gasteiger partial charge in [-0.2, -0.15) is 0 Å². The van der Waals surface area contributed by atoms with E-state index in [1.807, 2.05) is 12.1 Å². The van der Waals surface area contributed by atoms with Gasteiger partial charge < -0.3 is 14.6 Å². The highest BCUT2D eigenvalue weighted by Gasteiger charge is 2.13. The fraction of sp³-hybridized carbons (Fsp3) is 0.375. The van der Waals surface area contributed by atoms with Gasteiger partial charge in [0.25, 0.3) is 0 Å². The van der Waals surface area contributed by atoms with Crippen molar-refractivity contribution in [2.75, 3.05) is 17.6 Å². The van der Waals surface area contributed by atoms with Crippen molar-refractivity contribution in [2.45, 2.75) is 18.9 Å². The zero-order valence-electron chi connectivity index (χ0n) is 12.3. The fourth-order valence-electron chi connectivity index (χ4n) is 1.58. The Kier molecular flexibility index (Phi) is 8.11. The lowest BCUT2D eigenvalue weighted by Crippen LogP contribution is -2.25. The molecule has 0 aliphatic rings. The van der Waals surface area contributed by atoms with E-state index in [1.54, 1.807) is 12.1 Å². The van der Waals surface area contributed by atoms with Crippen LogP contribution in [0.15, 0.2) is 36.9 Å². The van der Waals surface area contributed by atoms with Crippen molar-refractivity contribution in [3.05, 3.63) is 48.0 Å². The van der Waals surface area contributed by atoms with Crippen molar-refractivity contribution in [2.24, 2.45) is 0 Å². The van der Waals surface area contributed by atoms with Gasteiger partial charge in [-0.25, -0.2) is 9.59 Å². The summed E-state index contributed by atoms with van der Waals surface area (Å²) in [6, 6.07) is 7.18. The molecule has 0 heterocycles. The predicted octanol–water partition coefficient (Wildman–Crippen LogP) is 2.47. The number of aliphatic hydroxyl groups is 1. The number of ether oxygens (including phenoxy) is 2. The number of alkyl halides is 1. The van der Waals surface area contributed by atoms with Crippen molar-refractivity contribution in [1.29, 1.82) is 0 Å². The van der Waals surface area contributed by atoms with Crippen LogP contribution in [0.2, 0.25) is 0 Å². The van der Waals surface area contributed by atoms with E-state index in [4.69, 9.17) is 4.74 Å². The molecule has 0 aliphatic carbocycles. The lowest BCUT2D eigenvalue weighted by Gasteiger charge is -2.12.